The molecule has 0 bridgehead atoms. The molecule has 0 spiro atoms. The first-order valence-corrected chi connectivity index (χ1v) is 6.78. The van der Waals surface area contributed by atoms with Gasteiger partial charge in [0, 0.05) is 11.1 Å². The van der Waals surface area contributed by atoms with Crippen LogP contribution in [0.1, 0.15) is 25.8 Å². The number of carbonyl (C=O) groups is 2. The van der Waals surface area contributed by atoms with Crippen molar-refractivity contribution in [2.75, 3.05) is 0 Å². The molecule has 1 amide bonds. The monoisotopic (exact) mass is 295 g/mol. The molecule has 0 saturated heterocycles. The molecular formula is C15H18ClNO3. The molecule has 0 radical (unpaired) electrons. The summed E-state index contributed by atoms with van der Waals surface area (Å²) in [6, 6.07) is 6.11. The Bertz CT molecular complexity index is 496. The number of carboxylic acids is 1. The molecule has 2 atom stereocenters. The minimum atomic E-state index is -1.02. The number of halogens is 1. The Labute approximate surface area is 123 Å². The second-order valence-corrected chi connectivity index (χ2v) is 5.03. The van der Waals surface area contributed by atoms with Crippen LogP contribution in [0.25, 0.3) is 6.08 Å². The van der Waals surface area contributed by atoms with E-state index in [4.69, 9.17) is 16.7 Å². The van der Waals surface area contributed by atoms with E-state index >= 15 is 0 Å². The van der Waals surface area contributed by atoms with Gasteiger partial charge < -0.3 is 10.4 Å². The molecular weight excluding hydrogens is 278 g/mol. The average molecular weight is 296 g/mol. The van der Waals surface area contributed by atoms with Gasteiger partial charge in [0.1, 0.15) is 6.04 Å². The van der Waals surface area contributed by atoms with Gasteiger partial charge in [-0.3, -0.25) is 4.79 Å². The predicted octanol–water partition coefficient (Wildman–Crippen LogP) is 2.97. The van der Waals surface area contributed by atoms with Crippen LogP contribution in [0.2, 0.25) is 5.02 Å². The van der Waals surface area contributed by atoms with Crippen LogP contribution in [0.5, 0.6) is 0 Å². The van der Waals surface area contributed by atoms with E-state index in [1.165, 1.54) is 6.08 Å². The van der Waals surface area contributed by atoms with Crippen molar-refractivity contribution >= 4 is 29.6 Å². The van der Waals surface area contributed by atoms with Crippen molar-refractivity contribution in [2.24, 2.45) is 5.92 Å². The fraction of sp³-hybridized carbons (Fsp3) is 0.333. The second kappa shape index (κ2) is 7.70. The zero-order valence-corrected chi connectivity index (χ0v) is 12.2. The fourth-order valence-corrected chi connectivity index (χ4v) is 1.76. The van der Waals surface area contributed by atoms with Crippen LogP contribution in [0.3, 0.4) is 0 Å². The zero-order chi connectivity index (χ0) is 15.1. The Morgan fingerprint density at radius 1 is 1.35 bits per heavy atom. The number of nitrogens with one attached hydrogen (secondary N) is 1. The van der Waals surface area contributed by atoms with E-state index in [1.807, 2.05) is 6.92 Å². The molecule has 2 N–H and O–H groups in total. The topological polar surface area (TPSA) is 66.4 Å². The molecule has 0 heterocycles. The average Bonchev–Trinajstić information content (AvgIpc) is 2.43. The van der Waals surface area contributed by atoms with Gasteiger partial charge in [0.2, 0.25) is 5.91 Å². The van der Waals surface area contributed by atoms with Gasteiger partial charge in [0.15, 0.2) is 0 Å². The molecule has 5 heteroatoms. The number of aliphatic carboxylic acids is 1. The number of hydrogen-bond donors (Lipinski definition) is 2. The highest BCUT2D eigenvalue weighted by Crippen LogP contribution is 2.11. The van der Waals surface area contributed by atoms with Crippen molar-refractivity contribution in [2.45, 2.75) is 26.3 Å². The lowest BCUT2D eigenvalue weighted by Crippen LogP contribution is -2.44. The van der Waals surface area contributed by atoms with Crippen LogP contribution < -0.4 is 5.32 Å². The molecule has 0 aromatic heterocycles. The van der Waals surface area contributed by atoms with Crippen LogP contribution >= 0.6 is 11.6 Å². The number of amides is 1. The van der Waals surface area contributed by atoms with Crippen molar-refractivity contribution in [3.63, 3.8) is 0 Å². The van der Waals surface area contributed by atoms with Gasteiger partial charge >= 0.3 is 5.97 Å². The highest BCUT2D eigenvalue weighted by atomic mass is 35.5. The fourth-order valence-electron chi connectivity index (χ4n) is 1.63. The van der Waals surface area contributed by atoms with Crippen LogP contribution in [0, 0.1) is 5.92 Å². The molecule has 0 fully saturated rings. The predicted molar refractivity (Wildman–Crippen MR) is 79.5 cm³/mol. The lowest BCUT2D eigenvalue weighted by atomic mass is 9.99. The summed E-state index contributed by atoms with van der Waals surface area (Å²) in [5.41, 5.74) is 0.819. The molecule has 1 aromatic rings. The van der Waals surface area contributed by atoms with Crippen LogP contribution in [-0.4, -0.2) is 23.0 Å². The molecule has 1 aromatic carbocycles. The van der Waals surface area contributed by atoms with E-state index < -0.39 is 17.9 Å². The van der Waals surface area contributed by atoms with E-state index in [1.54, 1.807) is 37.3 Å². The number of carbonyl (C=O) groups excluding carboxylic acids is 1. The van der Waals surface area contributed by atoms with Gasteiger partial charge in [-0.2, -0.15) is 0 Å². The Hall–Kier alpha value is -1.81. The third-order valence-corrected chi connectivity index (χ3v) is 3.33. The number of rotatable bonds is 6. The van der Waals surface area contributed by atoms with Gasteiger partial charge in [-0.25, -0.2) is 4.79 Å². The van der Waals surface area contributed by atoms with E-state index in [0.29, 0.717) is 11.4 Å². The summed E-state index contributed by atoms with van der Waals surface area (Å²) in [5.74, 6) is -1.57. The van der Waals surface area contributed by atoms with Gasteiger partial charge in [-0.05, 0) is 29.7 Å². The molecule has 0 aliphatic carbocycles. The van der Waals surface area contributed by atoms with Crippen LogP contribution in [0.4, 0.5) is 0 Å². The van der Waals surface area contributed by atoms with Crippen molar-refractivity contribution in [3.8, 4) is 0 Å². The second-order valence-electron chi connectivity index (χ2n) is 4.59. The quantitative estimate of drug-likeness (QED) is 0.793. The van der Waals surface area contributed by atoms with Crippen LogP contribution in [-0.2, 0) is 9.59 Å². The highest BCUT2D eigenvalue weighted by molar-refractivity contribution is 6.30. The van der Waals surface area contributed by atoms with Crippen molar-refractivity contribution in [3.05, 3.63) is 40.9 Å². The molecule has 4 nitrogen and oxygen atoms in total. The molecule has 108 valence electrons. The van der Waals surface area contributed by atoms with Crippen molar-refractivity contribution in [1.29, 1.82) is 0 Å². The highest BCUT2D eigenvalue weighted by Gasteiger charge is 2.24. The first kappa shape index (κ1) is 16.2. The summed E-state index contributed by atoms with van der Waals surface area (Å²) >= 11 is 5.76. The van der Waals surface area contributed by atoms with Gasteiger partial charge in [-0.1, -0.05) is 44.0 Å². The van der Waals surface area contributed by atoms with E-state index in [0.717, 1.165) is 5.56 Å². The number of carboxylic acid groups (broad SMARTS) is 1. The zero-order valence-electron chi connectivity index (χ0n) is 11.5. The summed E-state index contributed by atoms with van der Waals surface area (Å²) in [4.78, 5) is 22.8. The van der Waals surface area contributed by atoms with Gasteiger partial charge in [0.05, 0.1) is 0 Å². The first-order valence-electron chi connectivity index (χ1n) is 6.41. The van der Waals surface area contributed by atoms with E-state index in [-0.39, 0.29) is 5.92 Å². The number of benzene rings is 1. The summed E-state index contributed by atoms with van der Waals surface area (Å²) in [6.45, 7) is 3.68. The molecule has 1 rings (SSSR count). The molecule has 2 unspecified atom stereocenters. The maximum atomic E-state index is 11.7. The first-order chi connectivity index (χ1) is 9.43. The Morgan fingerprint density at radius 3 is 2.45 bits per heavy atom. The molecule has 0 aliphatic rings. The Kier molecular flexibility index (Phi) is 6.25. The lowest BCUT2D eigenvalue weighted by Gasteiger charge is -2.19. The normalized spacial score (nSPS) is 13.9. The summed E-state index contributed by atoms with van der Waals surface area (Å²) in [5, 5.41) is 12.2. The number of hydrogen-bond acceptors (Lipinski definition) is 2. The summed E-state index contributed by atoms with van der Waals surface area (Å²) in [6.07, 6.45) is 3.61. The lowest BCUT2D eigenvalue weighted by molar-refractivity contribution is -0.142. The van der Waals surface area contributed by atoms with E-state index in [9.17, 15) is 9.59 Å². The summed E-state index contributed by atoms with van der Waals surface area (Å²) < 4.78 is 0. The van der Waals surface area contributed by atoms with Crippen molar-refractivity contribution in [1.82, 2.24) is 5.32 Å². The largest absolute Gasteiger partial charge is 0.480 e. The maximum Gasteiger partial charge on any atom is 0.326 e. The SMILES string of the molecule is CCC(C)C(NC(=O)/C=C/c1ccc(Cl)cc1)C(=O)O. The molecule has 0 aliphatic heterocycles. The Morgan fingerprint density at radius 2 is 1.95 bits per heavy atom. The third kappa shape index (κ3) is 5.05. The molecule has 20 heavy (non-hydrogen) atoms. The van der Waals surface area contributed by atoms with Crippen LogP contribution in [0.15, 0.2) is 30.3 Å². The Balaban J connectivity index is 2.66. The minimum absolute atomic E-state index is 0.125. The van der Waals surface area contributed by atoms with Gasteiger partial charge in [-0.15, -0.1) is 0 Å². The van der Waals surface area contributed by atoms with Crippen molar-refractivity contribution < 1.29 is 14.7 Å². The van der Waals surface area contributed by atoms with E-state index in [2.05, 4.69) is 5.32 Å². The smallest absolute Gasteiger partial charge is 0.326 e. The maximum absolute atomic E-state index is 11.7. The third-order valence-electron chi connectivity index (χ3n) is 3.07. The minimum Gasteiger partial charge on any atom is -0.480 e. The summed E-state index contributed by atoms with van der Waals surface area (Å²) in [7, 11) is 0. The van der Waals surface area contributed by atoms with Gasteiger partial charge in [0.25, 0.3) is 0 Å². The standard InChI is InChI=1S/C15H18ClNO3/c1-3-10(2)14(15(19)20)17-13(18)9-6-11-4-7-12(16)8-5-11/h4-10,14H,3H2,1-2H3,(H,17,18)(H,19,20)/b9-6+. The molecule has 0 saturated carbocycles.